The van der Waals surface area contributed by atoms with E-state index in [1.165, 1.54) is 21.7 Å². The van der Waals surface area contributed by atoms with Crippen molar-refractivity contribution in [3.05, 3.63) is 40.3 Å². The number of nitrogens with zero attached hydrogens (tertiary/aromatic N) is 3. The lowest BCUT2D eigenvalue weighted by Crippen LogP contribution is -2.58. The number of benzene rings is 1. The summed E-state index contributed by atoms with van der Waals surface area (Å²) in [6.07, 6.45) is 0.173. The van der Waals surface area contributed by atoms with Gasteiger partial charge < -0.3 is 20.7 Å². The van der Waals surface area contributed by atoms with E-state index in [0.29, 0.717) is 30.9 Å². The number of carbonyl (C=O) groups excluding carboxylic acids is 2. The van der Waals surface area contributed by atoms with E-state index < -0.39 is 42.7 Å². The van der Waals surface area contributed by atoms with Crippen LogP contribution in [0.3, 0.4) is 0 Å². The predicted molar refractivity (Wildman–Crippen MR) is 122 cm³/mol. The normalized spacial score (nSPS) is 22.5. The SMILES string of the molecule is Cn1nc(C2CCC3(C2)CN(C(=O)OC2CC(F)(F)C2)C3)c(C(=O)Nc2ccc(F)c(Cl)c2)c1N. The summed E-state index contributed by atoms with van der Waals surface area (Å²) < 4.78 is 46.0. The van der Waals surface area contributed by atoms with Gasteiger partial charge in [0.25, 0.3) is 11.8 Å². The van der Waals surface area contributed by atoms with E-state index in [-0.39, 0.29) is 27.7 Å². The first kappa shape index (κ1) is 23.8. The van der Waals surface area contributed by atoms with E-state index in [1.54, 1.807) is 7.05 Å². The van der Waals surface area contributed by atoms with Gasteiger partial charge in [-0.1, -0.05) is 11.6 Å². The number of hydrogen-bond acceptors (Lipinski definition) is 5. The second kappa shape index (κ2) is 8.32. The van der Waals surface area contributed by atoms with Crippen LogP contribution in [0.25, 0.3) is 0 Å². The zero-order valence-corrected chi connectivity index (χ0v) is 19.7. The lowest BCUT2D eigenvalue weighted by atomic mass is 9.77. The Morgan fingerprint density at radius 1 is 1.26 bits per heavy atom. The monoisotopic (exact) mass is 511 g/mol. The molecule has 1 aliphatic heterocycles. The van der Waals surface area contributed by atoms with Crippen LogP contribution in [0.2, 0.25) is 5.02 Å². The third-order valence-corrected chi connectivity index (χ3v) is 7.53. The molecule has 35 heavy (non-hydrogen) atoms. The van der Waals surface area contributed by atoms with Gasteiger partial charge in [-0.05, 0) is 37.5 Å². The highest BCUT2D eigenvalue weighted by Gasteiger charge is 2.53. The second-order valence-corrected chi connectivity index (χ2v) is 10.3. The molecular weight excluding hydrogens is 487 g/mol. The third-order valence-electron chi connectivity index (χ3n) is 7.24. The number of anilines is 2. The summed E-state index contributed by atoms with van der Waals surface area (Å²) in [6.45, 7) is 0.951. The number of aromatic nitrogens is 2. The minimum atomic E-state index is -2.74. The van der Waals surface area contributed by atoms with Crippen LogP contribution in [0.4, 0.5) is 29.5 Å². The highest BCUT2D eigenvalue weighted by atomic mass is 35.5. The molecular formula is C23H25ClF3N5O3. The number of alkyl halides is 2. The smallest absolute Gasteiger partial charge is 0.410 e. The summed E-state index contributed by atoms with van der Waals surface area (Å²) in [7, 11) is 1.65. The first-order valence-corrected chi connectivity index (χ1v) is 11.8. The molecule has 2 aliphatic carbocycles. The van der Waals surface area contributed by atoms with Gasteiger partial charge in [-0.2, -0.15) is 5.10 Å². The number of nitrogens with two attached hydrogens (primary N) is 1. The third kappa shape index (κ3) is 4.41. The number of ether oxygens (including phenoxy) is 1. The van der Waals surface area contributed by atoms with Gasteiger partial charge in [0.1, 0.15) is 23.3 Å². The van der Waals surface area contributed by atoms with Crippen LogP contribution in [0, 0.1) is 11.2 Å². The van der Waals surface area contributed by atoms with E-state index in [1.807, 2.05) is 0 Å². The number of rotatable bonds is 4. The van der Waals surface area contributed by atoms with Crippen LogP contribution in [-0.2, 0) is 11.8 Å². The van der Waals surface area contributed by atoms with Crippen molar-refractivity contribution in [3.8, 4) is 0 Å². The Labute approximate surface area is 204 Å². The summed E-state index contributed by atoms with van der Waals surface area (Å²) in [6, 6.07) is 3.89. The van der Waals surface area contributed by atoms with Crippen molar-refractivity contribution >= 4 is 35.1 Å². The van der Waals surface area contributed by atoms with E-state index in [2.05, 4.69) is 10.4 Å². The Balaban J connectivity index is 1.24. The summed E-state index contributed by atoms with van der Waals surface area (Å²) in [5, 5.41) is 7.10. The van der Waals surface area contributed by atoms with Crippen LogP contribution >= 0.6 is 11.6 Å². The fourth-order valence-corrected chi connectivity index (χ4v) is 5.55. The molecule has 1 saturated heterocycles. The lowest BCUT2D eigenvalue weighted by Gasteiger charge is -2.48. The molecule has 2 aromatic rings. The number of hydrogen-bond donors (Lipinski definition) is 2. The van der Waals surface area contributed by atoms with Crippen LogP contribution in [0.1, 0.15) is 54.1 Å². The van der Waals surface area contributed by atoms with E-state index in [4.69, 9.17) is 22.1 Å². The molecule has 12 heteroatoms. The molecule has 1 aromatic heterocycles. The van der Waals surface area contributed by atoms with Crippen LogP contribution < -0.4 is 11.1 Å². The predicted octanol–water partition coefficient (Wildman–Crippen LogP) is 4.55. The van der Waals surface area contributed by atoms with Gasteiger partial charge in [0.15, 0.2) is 0 Å². The molecule has 0 bridgehead atoms. The van der Waals surface area contributed by atoms with Gasteiger partial charge in [0, 0.05) is 50.0 Å². The van der Waals surface area contributed by atoms with Crippen LogP contribution in [-0.4, -0.2) is 51.8 Å². The van der Waals surface area contributed by atoms with Crippen LogP contribution in [0.15, 0.2) is 18.2 Å². The maximum absolute atomic E-state index is 13.5. The number of aryl methyl sites for hydroxylation is 1. The Hall–Kier alpha value is -2.95. The summed E-state index contributed by atoms with van der Waals surface area (Å²) >= 11 is 5.82. The first-order chi connectivity index (χ1) is 16.5. The van der Waals surface area contributed by atoms with Crippen molar-refractivity contribution in [1.29, 1.82) is 0 Å². The molecule has 188 valence electrons. The molecule has 2 saturated carbocycles. The number of nitrogen functional groups attached to an aromatic ring is 1. The number of nitrogens with one attached hydrogen (secondary N) is 1. The van der Waals surface area contributed by atoms with Gasteiger partial charge >= 0.3 is 6.09 Å². The van der Waals surface area contributed by atoms with Crippen molar-refractivity contribution in [2.24, 2.45) is 12.5 Å². The summed E-state index contributed by atoms with van der Waals surface area (Å²) in [5.74, 6) is -3.63. The summed E-state index contributed by atoms with van der Waals surface area (Å²) in [4.78, 5) is 26.9. The van der Waals surface area contributed by atoms with E-state index in [9.17, 15) is 22.8 Å². The van der Waals surface area contributed by atoms with Crippen molar-refractivity contribution < 1.29 is 27.5 Å². The van der Waals surface area contributed by atoms with Crippen molar-refractivity contribution in [2.45, 2.75) is 50.0 Å². The largest absolute Gasteiger partial charge is 0.446 e. The lowest BCUT2D eigenvalue weighted by molar-refractivity contribution is -0.152. The van der Waals surface area contributed by atoms with E-state index in [0.717, 1.165) is 18.9 Å². The molecule has 2 amide bonds. The molecule has 5 rings (SSSR count). The topological polar surface area (TPSA) is 102 Å². The molecule has 1 aromatic carbocycles. The molecule has 3 aliphatic rings. The molecule has 8 nitrogen and oxygen atoms in total. The number of amides is 2. The van der Waals surface area contributed by atoms with Crippen molar-refractivity contribution in [2.75, 3.05) is 24.1 Å². The number of carbonyl (C=O) groups is 2. The molecule has 3 N–H and O–H groups in total. The van der Waals surface area contributed by atoms with Gasteiger partial charge in [0.2, 0.25) is 0 Å². The molecule has 1 spiro atoms. The average Bonchev–Trinajstić information content (AvgIpc) is 3.30. The summed E-state index contributed by atoms with van der Waals surface area (Å²) in [5.41, 5.74) is 7.21. The minimum absolute atomic E-state index is 0.0421. The fraction of sp³-hybridized carbons (Fsp3) is 0.522. The number of halogens is 4. The molecule has 1 unspecified atom stereocenters. The Kier molecular flexibility index (Phi) is 5.65. The maximum Gasteiger partial charge on any atom is 0.410 e. The van der Waals surface area contributed by atoms with Gasteiger partial charge in [-0.15, -0.1) is 0 Å². The molecule has 2 heterocycles. The van der Waals surface area contributed by atoms with Gasteiger partial charge in [-0.25, -0.2) is 18.0 Å². The average molecular weight is 512 g/mol. The maximum atomic E-state index is 13.5. The zero-order valence-electron chi connectivity index (χ0n) is 19.0. The fourth-order valence-electron chi connectivity index (χ4n) is 5.37. The standard InChI is InChI=1S/C23H25ClF3N5O3/c1-31-19(28)17(20(33)29-13-2-3-16(25)15(24)6-13)18(30-31)12-4-5-22(7-12)10-32(11-22)21(34)35-14-8-23(26,27)9-14/h2-3,6,12,14H,4-5,7-11,28H2,1H3,(H,29,33). The highest BCUT2D eigenvalue weighted by Crippen LogP contribution is 2.52. The minimum Gasteiger partial charge on any atom is -0.446 e. The van der Waals surface area contributed by atoms with Crippen molar-refractivity contribution in [1.82, 2.24) is 14.7 Å². The molecule has 1 atom stereocenters. The van der Waals surface area contributed by atoms with Gasteiger partial charge in [-0.3, -0.25) is 9.48 Å². The molecule has 3 fully saturated rings. The number of likely N-dealkylation sites (tertiary alicyclic amines) is 1. The zero-order chi connectivity index (χ0) is 25.1. The van der Waals surface area contributed by atoms with Gasteiger partial charge in [0.05, 0.1) is 10.7 Å². The molecule has 0 radical (unpaired) electrons. The Bertz CT molecular complexity index is 1190. The van der Waals surface area contributed by atoms with Crippen molar-refractivity contribution in [3.63, 3.8) is 0 Å². The first-order valence-electron chi connectivity index (χ1n) is 11.4. The quantitative estimate of drug-likeness (QED) is 0.627. The second-order valence-electron chi connectivity index (χ2n) is 9.92. The Morgan fingerprint density at radius 2 is 1.97 bits per heavy atom. The Morgan fingerprint density at radius 3 is 2.63 bits per heavy atom. The van der Waals surface area contributed by atoms with Crippen LogP contribution in [0.5, 0.6) is 0 Å². The highest BCUT2D eigenvalue weighted by molar-refractivity contribution is 6.31. The van der Waals surface area contributed by atoms with E-state index >= 15 is 0 Å².